The van der Waals surface area contributed by atoms with E-state index in [1.165, 1.54) is 23.9 Å². The second kappa shape index (κ2) is 8.13. The highest BCUT2D eigenvalue weighted by Crippen LogP contribution is 2.43. The molecule has 1 N–H and O–H groups in total. The van der Waals surface area contributed by atoms with Crippen LogP contribution >= 0.6 is 23.4 Å². The van der Waals surface area contributed by atoms with Crippen LogP contribution in [0.1, 0.15) is 42.1 Å². The van der Waals surface area contributed by atoms with E-state index >= 15 is 0 Å². The van der Waals surface area contributed by atoms with E-state index in [1.807, 2.05) is 20.8 Å². The van der Waals surface area contributed by atoms with E-state index in [0.717, 1.165) is 5.56 Å². The SMILES string of the molecule is CC(C)(C)NC(=O)[C@H]1CS[C@@H](c2ccc(F)cc2)N1C(=O)c1ccccc1Cl. The number of nitrogens with one attached hydrogen (secondary N) is 1. The summed E-state index contributed by atoms with van der Waals surface area (Å²) in [5.41, 5.74) is 0.680. The molecule has 3 rings (SSSR count). The van der Waals surface area contributed by atoms with Gasteiger partial charge in [0.15, 0.2) is 0 Å². The molecule has 2 aromatic carbocycles. The topological polar surface area (TPSA) is 49.4 Å². The second-order valence-electron chi connectivity index (χ2n) is 7.68. The molecule has 4 nitrogen and oxygen atoms in total. The maximum Gasteiger partial charge on any atom is 0.257 e. The Hall–Kier alpha value is -2.05. The molecular formula is C21H22ClFN2O2S. The normalized spacial score (nSPS) is 19.5. The van der Waals surface area contributed by atoms with Crippen LogP contribution in [0.15, 0.2) is 48.5 Å². The highest BCUT2D eigenvalue weighted by atomic mass is 35.5. The van der Waals surface area contributed by atoms with Gasteiger partial charge in [-0.1, -0.05) is 35.9 Å². The summed E-state index contributed by atoms with van der Waals surface area (Å²) in [6.07, 6.45) is 0. The number of nitrogens with zero attached hydrogens (tertiary/aromatic N) is 1. The number of carbonyl (C=O) groups excluding carboxylic acids is 2. The summed E-state index contributed by atoms with van der Waals surface area (Å²) in [4.78, 5) is 27.8. The Labute approximate surface area is 173 Å². The molecule has 1 saturated heterocycles. The molecule has 2 aromatic rings. The average Bonchev–Trinajstić information content (AvgIpc) is 3.06. The average molecular weight is 421 g/mol. The van der Waals surface area contributed by atoms with Gasteiger partial charge < -0.3 is 10.2 Å². The lowest BCUT2D eigenvalue weighted by atomic mass is 10.1. The molecular weight excluding hydrogens is 399 g/mol. The summed E-state index contributed by atoms with van der Waals surface area (Å²) >= 11 is 7.72. The summed E-state index contributed by atoms with van der Waals surface area (Å²) < 4.78 is 13.4. The summed E-state index contributed by atoms with van der Waals surface area (Å²) in [6, 6.07) is 12.1. The Morgan fingerprint density at radius 3 is 2.39 bits per heavy atom. The summed E-state index contributed by atoms with van der Waals surface area (Å²) in [5, 5.41) is 2.88. The van der Waals surface area contributed by atoms with Crippen LogP contribution in [-0.4, -0.2) is 34.0 Å². The van der Waals surface area contributed by atoms with Gasteiger partial charge in [0.2, 0.25) is 5.91 Å². The molecule has 0 spiro atoms. The molecule has 0 unspecified atom stereocenters. The van der Waals surface area contributed by atoms with Crippen LogP contribution in [0.3, 0.4) is 0 Å². The van der Waals surface area contributed by atoms with Crippen LogP contribution in [0.25, 0.3) is 0 Å². The Kier molecular flexibility index (Phi) is 6.01. The molecule has 148 valence electrons. The fraction of sp³-hybridized carbons (Fsp3) is 0.333. The minimum atomic E-state index is -0.650. The fourth-order valence-electron chi connectivity index (χ4n) is 3.07. The van der Waals surface area contributed by atoms with Crippen LogP contribution in [0.5, 0.6) is 0 Å². The van der Waals surface area contributed by atoms with Crippen LogP contribution in [-0.2, 0) is 4.79 Å². The third kappa shape index (κ3) is 4.50. The number of hydrogen-bond donors (Lipinski definition) is 1. The Bertz CT molecular complexity index is 883. The molecule has 1 aliphatic rings. The molecule has 1 fully saturated rings. The first kappa shape index (κ1) is 20.7. The lowest BCUT2D eigenvalue weighted by molar-refractivity contribution is -0.126. The summed E-state index contributed by atoms with van der Waals surface area (Å²) in [5.74, 6) is -0.443. The first-order valence-corrected chi connectivity index (χ1v) is 10.4. The van der Waals surface area contributed by atoms with E-state index in [-0.39, 0.29) is 17.6 Å². The largest absolute Gasteiger partial charge is 0.350 e. The van der Waals surface area contributed by atoms with Crippen molar-refractivity contribution in [1.82, 2.24) is 10.2 Å². The maximum absolute atomic E-state index is 13.4. The second-order valence-corrected chi connectivity index (χ2v) is 9.20. The predicted molar refractivity (Wildman–Crippen MR) is 111 cm³/mol. The van der Waals surface area contributed by atoms with Gasteiger partial charge in [-0.15, -0.1) is 11.8 Å². The van der Waals surface area contributed by atoms with Gasteiger partial charge in [-0.05, 0) is 50.6 Å². The lowest BCUT2D eigenvalue weighted by Gasteiger charge is -2.31. The molecule has 0 radical (unpaired) electrons. The summed E-state index contributed by atoms with van der Waals surface area (Å²) in [7, 11) is 0. The molecule has 0 bridgehead atoms. The van der Waals surface area contributed by atoms with E-state index in [4.69, 9.17) is 11.6 Å². The number of thioether (sulfide) groups is 1. The van der Waals surface area contributed by atoms with Crippen LogP contribution < -0.4 is 5.32 Å². The molecule has 0 aliphatic carbocycles. The van der Waals surface area contributed by atoms with E-state index in [9.17, 15) is 14.0 Å². The zero-order valence-corrected chi connectivity index (χ0v) is 17.5. The van der Waals surface area contributed by atoms with Gasteiger partial charge in [0.05, 0.1) is 10.6 Å². The number of amides is 2. The molecule has 1 aliphatic heterocycles. The fourth-order valence-corrected chi connectivity index (χ4v) is 4.71. The van der Waals surface area contributed by atoms with Crippen molar-refractivity contribution in [3.05, 3.63) is 70.5 Å². The molecule has 28 heavy (non-hydrogen) atoms. The number of hydrogen-bond acceptors (Lipinski definition) is 3. The summed E-state index contributed by atoms with van der Waals surface area (Å²) in [6.45, 7) is 5.68. The minimum absolute atomic E-state index is 0.218. The molecule has 1 heterocycles. The van der Waals surface area contributed by atoms with Gasteiger partial charge in [-0.25, -0.2) is 4.39 Å². The Balaban J connectivity index is 1.99. The van der Waals surface area contributed by atoms with Gasteiger partial charge in [-0.2, -0.15) is 0 Å². The highest BCUT2D eigenvalue weighted by molar-refractivity contribution is 7.99. The van der Waals surface area contributed by atoms with Gasteiger partial charge >= 0.3 is 0 Å². The number of benzene rings is 2. The third-order valence-electron chi connectivity index (χ3n) is 4.30. The minimum Gasteiger partial charge on any atom is -0.350 e. The molecule has 0 aromatic heterocycles. The van der Waals surface area contributed by atoms with Crippen molar-refractivity contribution in [2.24, 2.45) is 0 Å². The van der Waals surface area contributed by atoms with Gasteiger partial charge in [-0.3, -0.25) is 9.59 Å². The lowest BCUT2D eigenvalue weighted by Crippen LogP contribution is -2.52. The predicted octanol–water partition coefficient (Wildman–Crippen LogP) is 4.65. The molecule has 2 amide bonds. The quantitative estimate of drug-likeness (QED) is 0.786. The molecule has 7 heteroatoms. The first-order chi connectivity index (χ1) is 13.2. The zero-order chi connectivity index (χ0) is 20.5. The van der Waals surface area contributed by atoms with Gasteiger partial charge in [0.1, 0.15) is 17.2 Å². The third-order valence-corrected chi connectivity index (χ3v) is 5.95. The zero-order valence-electron chi connectivity index (χ0n) is 15.9. The van der Waals surface area contributed by atoms with Crippen LogP contribution in [0.4, 0.5) is 4.39 Å². The van der Waals surface area contributed by atoms with Crippen molar-refractivity contribution in [3.8, 4) is 0 Å². The highest BCUT2D eigenvalue weighted by Gasteiger charge is 2.43. The van der Waals surface area contributed by atoms with E-state index < -0.39 is 17.0 Å². The van der Waals surface area contributed by atoms with E-state index in [2.05, 4.69) is 5.32 Å². The monoisotopic (exact) mass is 420 g/mol. The van der Waals surface area contributed by atoms with Crippen LogP contribution in [0.2, 0.25) is 5.02 Å². The maximum atomic E-state index is 13.4. The Morgan fingerprint density at radius 2 is 1.79 bits per heavy atom. The van der Waals surface area contributed by atoms with Crippen molar-refractivity contribution in [1.29, 1.82) is 0 Å². The van der Waals surface area contributed by atoms with Crippen LogP contribution in [0, 0.1) is 5.82 Å². The van der Waals surface area contributed by atoms with Crippen molar-refractivity contribution < 1.29 is 14.0 Å². The number of halogens is 2. The van der Waals surface area contributed by atoms with E-state index in [1.54, 1.807) is 41.3 Å². The van der Waals surface area contributed by atoms with Crippen molar-refractivity contribution in [2.45, 2.75) is 37.7 Å². The van der Waals surface area contributed by atoms with Gasteiger partial charge in [0, 0.05) is 11.3 Å². The molecule has 2 atom stereocenters. The number of rotatable bonds is 3. The molecule has 0 saturated carbocycles. The number of carbonyl (C=O) groups is 2. The smallest absolute Gasteiger partial charge is 0.257 e. The van der Waals surface area contributed by atoms with E-state index in [0.29, 0.717) is 16.3 Å². The standard InChI is InChI=1S/C21H22ClFN2O2S/c1-21(2,3)24-18(26)17-12-28-20(13-8-10-14(23)11-9-13)25(17)19(27)15-6-4-5-7-16(15)22/h4-11,17,20H,12H2,1-3H3,(H,24,26)/t17-,20+/m1/s1. The van der Waals surface area contributed by atoms with Crippen molar-refractivity contribution >= 4 is 35.2 Å². The van der Waals surface area contributed by atoms with Gasteiger partial charge in [0.25, 0.3) is 5.91 Å². The van der Waals surface area contributed by atoms with Crippen molar-refractivity contribution in [2.75, 3.05) is 5.75 Å². The Morgan fingerprint density at radius 1 is 1.14 bits per heavy atom. The van der Waals surface area contributed by atoms with Crippen molar-refractivity contribution in [3.63, 3.8) is 0 Å². The first-order valence-electron chi connectivity index (χ1n) is 8.93.